The molecule has 0 saturated carbocycles. The van der Waals surface area contributed by atoms with Crippen LogP contribution in [0.4, 0.5) is 11.4 Å². The molecule has 1 N–H and O–H groups in total. The van der Waals surface area contributed by atoms with E-state index in [4.69, 9.17) is 11.6 Å². The van der Waals surface area contributed by atoms with E-state index in [-0.39, 0.29) is 17.4 Å². The van der Waals surface area contributed by atoms with Crippen LogP contribution in [0.25, 0.3) is 0 Å². The van der Waals surface area contributed by atoms with E-state index in [1.807, 2.05) is 39.0 Å². The van der Waals surface area contributed by atoms with Gasteiger partial charge in [0.15, 0.2) is 0 Å². The van der Waals surface area contributed by atoms with Crippen LogP contribution in [-0.2, 0) is 14.8 Å². The summed E-state index contributed by atoms with van der Waals surface area (Å²) in [5, 5.41) is 3.36. The highest BCUT2D eigenvalue weighted by molar-refractivity contribution is 7.92. The lowest BCUT2D eigenvalue weighted by atomic mass is 9.98. The van der Waals surface area contributed by atoms with E-state index in [9.17, 15) is 13.2 Å². The minimum atomic E-state index is -3.98. The van der Waals surface area contributed by atoms with Gasteiger partial charge in [0.25, 0.3) is 10.0 Å². The van der Waals surface area contributed by atoms with Crippen molar-refractivity contribution >= 4 is 38.9 Å². The number of aryl methyl sites for hydroxylation is 1. The zero-order valence-corrected chi connectivity index (χ0v) is 19.2. The zero-order valence-electron chi connectivity index (χ0n) is 17.7. The summed E-state index contributed by atoms with van der Waals surface area (Å²) in [6.45, 7) is 5.65. The summed E-state index contributed by atoms with van der Waals surface area (Å²) in [5.74, 6) is -0.212. The molecule has 31 heavy (non-hydrogen) atoms. The second kappa shape index (κ2) is 9.54. The summed E-state index contributed by atoms with van der Waals surface area (Å²) in [6.07, 6.45) is 0. The molecule has 7 heteroatoms. The summed E-state index contributed by atoms with van der Waals surface area (Å²) in [5.41, 5.74) is 3.05. The number of halogens is 1. The maximum atomic E-state index is 13.4. The van der Waals surface area contributed by atoms with E-state index in [2.05, 4.69) is 5.32 Å². The second-order valence-corrected chi connectivity index (χ2v) is 9.84. The van der Waals surface area contributed by atoms with Gasteiger partial charge in [0, 0.05) is 10.7 Å². The summed E-state index contributed by atoms with van der Waals surface area (Å²) in [6, 6.07) is 20.3. The number of anilines is 2. The first-order valence-electron chi connectivity index (χ1n) is 9.93. The molecule has 5 nitrogen and oxygen atoms in total. The number of carbonyl (C=O) groups is 1. The first kappa shape index (κ1) is 22.8. The number of carbonyl (C=O) groups excluding carboxylic acids is 1. The molecule has 0 spiro atoms. The minimum Gasteiger partial charge on any atom is -0.324 e. The van der Waals surface area contributed by atoms with Crippen molar-refractivity contribution in [3.8, 4) is 0 Å². The quantitative estimate of drug-likeness (QED) is 0.502. The van der Waals surface area contributed by atoms with E-state index in [0.717, 1.165) is 21.1 Å². The fraction of sp³-hybridized carbons (Fsp3) is 0.208. The summed E-state index contributed by atoms with van der Waals surface area (Å²) < 4.78 is 27.9. The zero-order chi connectivity index (χ0) is 22.6. The molecule has 0 aliphatic carbocycles. The van der Waals surface area contributed by atoms with Crippen LogP contribution in [0.3, 0.4) is 0 Å². The molecular formula is C24H25ClN2O3S. The number of nitrogens with zero attached hydrogens (tertiary/aromatic N) is 1. The molecule has 1 amide bonds. The lowest BCUT2D eigenvalue weighted by Gasteiger charge is -2.25. The van der Waals surface area contributed by atoms with Gasteiger partial charge >= 0.3 is 0 Å². The van der Waals surface area contributed by atoms with Crippen molar-refractivity contribution < 1.29 is 13.2 Å². The molecule has 3 aromatic rings. The van der Waals surface area contributed by atoms with Gasteiger partial charge in [-0.1, -0.05) is 61.8 Å². The van der Waals surface area contributed by atoms with Crippen molar-refractivity contribution in [3.63, 3.8) is 0 Å². The van der Waals surface area contributed by atoms with Gasteiger partial charge in [-0.2, -0.15) is 0 Å². The summed E-state index contributed by atoms with van der Waals surface area (Å²) in [4.78, 5) is 13.1. The maximum Gasteiger partial charge on any atom is 0.264 e. The third-order valence-electron chi connectivity index (χ3n) is 4.92. The first-order chi connectivity index (χ1) is 14.7. The van der Waals surface area contributed by atoms with Gasteiger partial charge < -0.3 is 5.32 Å². The Morgan fingerprint density at radius 1 is 0.968 bits per heavy atom. The Labute approximate surface area is 188 Å². The lowest BCUT2D eigenvalue weighted by molar-refractivity contribution is -0.114. The summed E-state index contributed by atoms with van der Waals surface area (Å²) >= 11 is 5.92. The largest absolute Gasteiger partial charge is 0.324 e. The van der Waals surface area contributed by atoms with Gasteiger partial charge in [0.05, 0.1) is 10.6 Å². The Kier molecular flexibility index (Phi) is 7.03. The number of para-hydroxylation sites is 2. The number of hydrogen-bond acceptors (Lipinski definition) is 3. The first-order valence-corrected chi connectivity index (χ1v) is 11.7. The number of sulfonamides is 1. The van der Waals surface area contributed by atoms with Gasteiger partial charge in [-0.25, -0.2) is 8.42 Å². The van der Waals surface area contributed by atoms with E-state index >= 15 is 0 Å². The fourth-order valence-corrected chi connectivity index (χ4v) is 4.84. The van der Waals surface area contributed by atoms with Crippen molar-refractivity contribution in [1.29, 1.82) is 0 Å². The number of rotatable bonds is 7. The molecule has 3 rings (SSSR count). The molecule has 0 atom stereocenters. The molecule has 0 radical (unpaired) electrons. The molecule has 3 aromatic carbocycles. The SMILES string of the molecule is Cc1cccc(C(C)C)c1NC(=O)CN(c1ccccc1)S(=O)(=O)c1ccc(Cl)cc1. The van der Waals surface area contributed by atoms with Crippen LogP contribution in [0, 0.1) is 6.92 Å². The van der Waals surface area contributed by atoms with Crippen LogP contribution >= 0.6 is 11.6 Å². The highest BCUT2D eigenvalue weighted by Crippen LogP contribution is 2.28. The van der Waals surface area contributed by atoms with Crippen LogP contribution in [0.1, 0.15) is 30.9 Å². The van der Waals surface area contributed by atoms with E-state index < -0.39 is 15.9 Å². The Morgan fingerprint density at radius 2 is 1.61 bits per heavy atom. The number of nitrogens with one attached hydrogen (secondary N) is 1. The average molecular weight is 457 g/mol. The molecule has 162 valence electrons. The van der Waals surface area contributed by atoms with Gasteiger partial charge in [0.2, 0.25) is 5.91 Å². The number of benzene rings is 3. The topological polar surface area (TPSA) is 66.5 Å². The van der Waals surface area contributed by atoms with Crippen LogP contribution in [0.15, 0.2) is 77.7 Å². The maximum absolute atomic E-state index is 13.4. The predicted octanol–water partition coefficient (Wildman–Crippen LogP) is 5.61. The normalized spacial score (nSPS) is 11.4. The Hall–Kier alpha value is -2.83. The summed E-state index contributed by atoms with van der Waals surface area (Å²) in [7, 11) is -3.98. The monoisotopic (exact) mass is 456 g/mol. The molecule has 0 aliphatic heterocycles. The fourth-order valence-electron chi connectivity index (χ4n) is 3.29. The average Bonchev–Trinajstić information content (AvgIpc) is 2.74. The smallest absolute Gasteiger partial charge is 0.264 e. The molecular weight excluding hydrogens is 432 g/mol. The second-order valence-electron chi connectivity index (χ2n) is 7.54. The lowest BCUT2D eigenvalue weighted by Crippen LogP contribution is -2.38. The Morgan fingerprint density at radius 3 is 2.23 bits per heavy atom. The van der Waals surface area contributed by atoms with Crippen molar-refractivity contribution in [3.05, 3.63) is 88.9 Å². The van der Waals surface area contributed by atoms with Gasteiger partial charge in [0.1, 0.15) is 6.54 Å². The predicted molar refractivity (Wildman–Crippen MR) is 126 cm³/mol. The van der Waals surface area contributed by atoms with Crippen LogP contribution in [0.5, 0.6) is 0 Å². The van der Waals surface area contributed by atoms with Crippen molar-refractivity contribution in [2.45, 2.75) is 31.6 Å². The van der Waals surface area contributed by atoms with Crippen molar-refractivity contribution in [2.75, 3.05) is 16.2 Å². The number of hydrogen-bond donors (Lipinski definition) is 1. The van der Waals surface area contributed by atoms with Crippen LogP contribution < -0.4 is 9.62 Å². The highest BCUT2D eigenvalue weighted by Gasteiger charge is 2.27. The Bertz CT molecular complexity index is 1160. The molecule has 0 aliphatic rings. The molecule has 0 heterocycles. The standard InChI is InChI=1S/C24H25ClN2O3S/c1-17(2)22-11-7-8-18(3)24(22)26-23(28)16-27(20-9-5-4-6-10-20)31(29,30)21-14-12-19(25)13-15-21/h4-15,17H,16H2,1-3H3,(H,26,28). The molecule has 0 aromatic heterocycles. The molecule has 0 saturated heterocycles. The van der Waals surface area contributed by atoms with E-state index in [1.54, 1.807) is 30.3 Å². The van der Waals surface area contributed by atoms with Crippen molar-refractivity contribution in [1.82, 2.24) is 0 Å². The molecule has 0 bridgehead atoms. The van der Waals surface area contributed by atoms with Crippen LogP contribution in [-0.4, -0.2) is 20.9 Å². The van der Waals surface area contributed by atoms with E-state index in [0.29, 0.717) is 10.7 Å². The van der Waals surface area contributed by atoms with Gasteiger partial charge in [-0.15, -0.1) is 0 Å². The third-order valence-corrected chi connectivity index (χ3v) is 6.96. The van der Waals surface area contributed by atoms with Gasteiger partial charge in [-0.05, 0) is 60.4 Å². The Balaban J connectivity index is 1.96. The molecule has 0 unspecified atom stereocenters. The number of amides is 1. The van der Waals surface area contributed by atoms with Gasteiger partial charge in [-0.3, -0.25) is 9.10 Å². The molecule has 0 fully saturated rings. The minimum absolute atomic E-state index is 0.0623. The van der Waals surface area contributed by atoms with E-state index in [1.165, 1.54) is 24.3 Å². The highest BCUT2D eigenvalue weighted by atomic mass is 35.5. The van der Waals surface area contributed by atoms with Crippen LogP contribution in [0.2, 0.25) is 5.02 Å². The third kappa shape index (κ3) is 5.27. The van der Waals surface area contributed by atoms with Crippen molar-refractivity contribution in [2.24, 2.45) is 0 Å².